The first-order valence-corrected chi connectivity index (χ1v) is 7.98. The van der Waals surface area contributed by atoms with Crippen LogP contribution in [0.25, 0.3) is 0 Å². The predicted octanol–water partition coefficient (Wildman–Crippen LogP) is 1.08. The second-order valence-corrected chi connectivity index (χ2v) is 5.85. The highest BCUT2D eigenvalue weighted by Crippen LogP contribution is 2.16. The molecule has 1 fully saturated rings. The lowest BCUT2D eigenvalue weighted by atomic mass is 10.1. The standard InChI is InChI=1S/C17H25N3O3/c1-13-3-4-14(2)15(11-13)19-17(22)12-16(21)18-5-6-20-7-9-23-10-8-20/h3-4,11H,5-10,12H2,1-2H3,(H,18,21)(H,19,22). The van der Waals surface area contributed by atoms with E-state index in [1.54, 1.807) is 0 Å². The highest BCUT2D eigenvalue weighted by molar-refractivity contribution is 6.03. The van der Waals surface area contributed by atoms with E-state index in [2.05, 4.69) is 15.5 Å². The van der Waals surface area contributed by atoms with Crippen molar-refractivity contribution >= 4 is 17.5 Å². The summed E-state index contributed by atoms with van der Waals surface area (Å²) < 4.78 is 5.27. The van der Waals surface area contributed by atoms with Gasteiger partial charge in [0.25, 0.3) is 0 Å². The van der Waals surface area contributed by atoms with Crippen LogP contribution in [-0.2, 0) is 14.3 Å². The van der Waals surface area contributed by atoms with Gasteiger partial charge in [-0.25, -0.2) is 0 Å². The smallest absolute Gasteiger partial charge is 0.233 e. The first-order chi connectivity index (χ1) is 11.0. The molecule has 0 unspecified atom stereocenters. The third kappa shape index (κ3) is 6.00. The molecule has 0 radical (unpaired) electrons. The van der Waals surface area contributed by atoms with Gasteiger partial charge >= 0.3 is 0 Å². The number of hydrogen-bond acceptors (Lipinski definition) is 4. The molecule has 1 aromatic rings. The first kappa shape index (κ1) is 17.4. The van der Waals surface area contributed by atoms with Gasteiger partial charge in [-0.05, 0) is 31.0 Å². The summed E-state index contributed by atoms with van der Waals surface area (Å²) in [5, 5.41) is 5.59. The molecule has 126 valence electrons. The van der Waals surface area contributed by atoms with Crippen molar-refractivity contribution in [3.05, 3.63) is 29.3 Å². The van der Waals surface area contributed by atoms with Gasteiger partial charge < -0.3 is 15.4 Å². The molecule has 1 saturated heterocycles. The molecule has 2 amide bonds. The molecule has 23 heavy (non-hydrogen) atoms. The zero-order valence-corrected chi connectivity index (χ0v) is 13.9. The van der Waals surface area contributed by atoms with Crippen molar-refractivity contribution in [3.8, 4) is 0 Å². The van der Waals surface area contributed by atoms with Crippen molar-refractivity contribution in [1.29, 1.82) is 0 Å². The van der Waals surface area contributed by atoms with Gasteiger partial charge in [0.1, 0.15) is 6.42 Å². The zero-order valence-electron chi connectivity index (χ0n) is 13.9. The molecule has 0 saturated carbocycles. The maximum Gasteiger partial charge on any atom is 0.233 e. The second-order valence-electron chi connectivity index (χ2n) is 5.85. The molecular formula is C17H25N3O3. The van der Waals surface area contributed by atoms with Crippen molar-refractivity contribution in [2.24, 2.45) is 0 Å². The van der Waals surface area contributed by atoms with Gasteiger partial charge in [-0.3, -0.25) is 14.5 Å². The molecular weight excluding hydrogens is 294 g/mol. The molecule has 0 aliphatic carbocycles. The van der Waals surface area contributed by atoms with Gasteiger partial charge in [0, 0.05) is 31.9 Å². The predicted molar refractivity (Wildman–Crippen MR) is 89.4 cm³/mol. The summed E-state index contributed by atoms with van der Waals surface area (Å²) in [6, 6.07) is 5.85. The summed E-state index contributed by atoms with van der Waals surface area (Å²) in [7, 11) is 0. The van der Waals surface area contributed by atoms with Crippen LogP contribution >= 0.6 is 0 Å². The minimum Gasteiger partial charge on any atom is -0.379 e. The number of aryl methyl sites for hydroxylation is 2. The first-order valence-electron chi connectivity index (χ1n) is 7.98. The van der Waals surface area contributed by atoms with E-state index in [0.29, 0.717) is 6.54 Å². The zero-order chi connectivity index (χ0) is 16.7. The van der Waals surface area contributed by atoms with Crippen LogP contribution in [0.15, 0.2) is 18.2 Å². The van der Waals surface area contributed by atoms with Gasteiger partial charge in [-0.15, -0.1) is 0 Å². The quantitative estimate of drug-likeness (QED) is 0.770. The van der Waals surface area contributed by atoms with Crippen molar-refractivity contribution in [3.63, 3.8) is 0 Å². The minimum absolute atomic E-state index is 0.156. The molecule has 6 heteroatoms. The van der Waals surface area contributed by atoms with E-state index < -0.39 is 0 Å². The summed E-state index contributed by atoms with van der Waals surface area (Å²) in [5.74, 6) is -0.538. The minimum atomic E-state index is -0.289. The maximum atomic E-state index is 12.0. The van der Waals surface area contributed by atoms with E-state index in [4.69, 9.17) is 4.74 Å². The number of rotatable bonds is 6. The summed E-state index contributed by atoms with van der Waals surface area (Å²) in [5.41, 5.74) is 2.81. The van der Waals surface area contributed by atoms with Crippen LogP contribution in [0.2, 0.25) is 0 Å². The Kier molecular flexibility index (Phi) is 6.55. The fourth-order valence-electron chi connectivity index (χ4n) is 2.45. The van der Waals surface area contributed by atoms with E-state index in [0.717, 1.165) is 49.7 Å². The third-order valence-electron chi connectivity index (χ3n) is 3.84. The van der Waals surface area contributed by atoms with Gasteiger partial charge in [0.15, 0.2) is 0 Å². The van der Waals surface area contributed by atoms with Gasteiger partial charge in [0.05, 0.1) is 13.2 Å². The van der Waals surface area contributed by atoms with Gasteiger partial charge in [-0.1, -0.05) is 12.1 Å². The second kappa shape index (κ2) is 8.64. The molecule has 1 aliphatic heterocycles. The number of benzene rings is 1. The average molecular weight is 319 g/mol. The monoisotopic (exact) mass is 319 g/mol. The lowest BCUT2D eigenvalue weighted by Crippen LogP contribution is -2.41. The molecule has 0 aromatic heterocycles. The Morgan fingerprint density at radius 3 is 2.65 bits per heavy atom. The van der Waals surface area contributed by atoms with E-state index in [-0.39, 0.29) is 18.2 Å². The highest BCUT2D eigenvalue weighted by atomic mass is 16.5. The topological polar surface area (TPSA) is 70.7 Å². The van der Waals surface area contributed by atoms with Crippen LogP contribution in [-0.4, -0.2) is 56.1 Å². The molecule has 1 heterocycles. The van der Waals surface area contributed by atoms with E-state index in [1.165, 1.54) is 0 Å². The SMILES string of the molecule is Cc1ccc(C)c(NC(=O)CC(=O)NCCN2CCOCC2)c1. The Balaban J connectivity index is 1.69. The number of carbonyl (C=O) groups is 2. The van der Waals surface area contributed by atoms with Crippen LogP contribution in [0.1, 0.15) is 17.5 Å². The lowest BCUT2D eigenvalue weighted by molar-refractivity contribution is -0.126. The molecule has 0 spiro atoms. The Hall–Kier alpha value is -1.92. The lowest BCUT2D eigenvalue weighted by Gasteiger charge is -2.26. The van der Waals surface area contributed by atoms with Gasteiger partial charge in [-0.2, -0.15) is 0 Å². The Morgan fingerprint density at radius 1 is 1.17 bits per heavy atom. The number of nitrogens with zero attached hydrogens (tertiary/aromatic N) is 1. The van der Waals surface area contributed by atoms with Gasteiger partial charge in [0.2, 0.25) is 11.8 Å². The van der Waals surface area contributed by atoms with Crippen LogP contribution in [0, 0.1) is 13.8 Å². The Morgan fingerprint density at radius 2 is 1.91 bits per heavy atom. The summed E-state index contributed by atoms with van der Waals surface area (Å²) in [4.78, 5) is 26.0. The van der Waals surface area contributed by atoms with E-state index in [9.17, 15) is 9.59 Å². The molecule has 2 N–H and O–H groups in total. The summed E-state index contributed by atoms with van der Waals surface area (Å²) >= 11 is 0. The van der Waals surface area contributed by atoms with E-state index >= 15 is 0 Å². The van der Waals surface area contributed by atoms with Crippen molar-refractivity contribution < 1.29 is 14.3 Å². The fraction of sp³-hybridized carbons (Fsp3) is 0.529. The summed E-state index contributed by atoms with van der Waals surface area (Å²) in [6.07, 6.45) is -0.156. The third-order valence-corrected chi connectivity index (χ3v) is 3.84. The van der Waals surface area contributed by atoms with Crippen LogP contribution in [0.5, 0.6) is 0 Å². The Labute approximate surface area is 137 Å². The molecule has 2 rings (SSSR count). The molecule has 1 aromatic carbocycles. The van der Waals surface area contributed by atoms with E-state index in [1.807, 2.05) is 32.0 Å². The number of carbonyl (C=O) groups excluding carboxylic acids is 2. The van der Waals surface area contributed by atoms with Crippen molar-refractivity contribution in [2.45, 2.75) is 20.3 Å². The number of morpholine rings is 1. The van der Waals surface area contributed by atoms with Crippen molar-refractivity contribution in [2.75, 3.05) is 44.7 Å². The number of anilines is 1. The largest absolute Gasteiger partial charge is 0.379 e. The summed E-state index contributed by atoms with van der Waals surface area (Å²) in [6.45, 7) is 8.50. The van der Waals surface area contributed by atoms with Crippen LogP contribution in [0.3, 0.4) is 0 Å². The average Bonchev–Trinajstić information content (AvgIpc) is 2.52. The molecule has 0 atom stereocenters. The van der Waals surface area contributed by atoms with Crippen molar-refractivity contribution in [1.82, 2.24) is 10.2 Å². The molecule has 6 nitrogen and oxygen atoms in total. The highest BCUT2D eigenvalue weighted by Gasteiger charge is 2.13. The van der Waals surface area contributed by atoms with Crippen LogP contribution < -0.4 is 10.6 Å². The normalized spacial score (nSPS) is 15.2. The number of nitrogens with one attached hydrogen (secondary N) is 2. The number of hydrogen-bond donors (Lipinski definition) is 2. The number of amides is 2. The van der Waals surface area contributed by atoms with Crippen LogP contribution in [0.4, 0.5) is 5.69 Å². The molecule has 1 aliphatic rings. The molecule has 0 bridgehead atoms. The maximum absolute atomic E-state index is 12.0. The fourth-order valence-corrected chi connectivity index (χ4v) is 2.45. The Bertz CT molecular complexity index is 554. The number of ether oxygens (including phenoxy) is 1.